The summed E-state index contributed by atoms with van der Waals surface area (Å²) in [5.74, 6) is -0.390. The molecule has 0 aromatic heterocycles. The molecule has 0 saturated carbocycles. The van der Waals surface area contributed by atoms with Crippen molar-refractivity contribution in [2.24, 2.45) is 0 Å². The van der Waals surface area contributed by atoms with E-state index in [0.717, 1.165) is 15.2 Å². The van der Waals surface area contributed by atoms with Gasteiger partial charge in [-0.25, -0.2) is 8.42 Å². The smallest absolute Gasteiger partial charge is 0.243 e. The number of benzene rings is 3. The summed E-state index contributed by atoms with van der Waals surface area (Å²) in [7, 11) is -3.77. The quantitative estimate of drug-likeness (QED) is 0.615. The van der Waals surface area contributed by atoms with Crippen molar-refractivity contribution in [2.45, 2.75) is 11.8 Å². The Morgan fingerprint density at radius 3 is 2.44 bits per heavy atom. The van der Waals surface area contributed by atoms with Gasteiger partial charge in [-0.05, 0) is 41.1 Å². The van der Waals surface area contributed by atoms with Gasteiger partial charge in [-0.15, -0.1) is 0 Å². The second-order valence-corrected chi connectivity index (χ2v) is 8.85. The second-order valence-electron chi connectivity index (χ2n) is 6.00. The zero-order chi connectivity index (χ0) is 19.4. The highest BCUT2D eigenvalue weighted by Crippen LogP contribution is 2.22. The Hall–Kier alpha value is -2.22. The third kappa shape index (κ3) is 4.55. The average Bonchev–Trinajstić information content (AvgIpc) is 2.65. The fraction of sp³-hybridized carbons (Fsp3) is 0.150. The fourth-order valence-corrected chi connectivity index (χ4v) is 4.61. The minimum atomic E-state index is -3.77. The van der Waals surface area contributed by atoms with Crippen LogP contribution in [0.5, 0.6) is 0 Å². The van der Waals surface area contributed by atoms with Crippen LogP contribution in [0, 0.1) is 0 Å². The summed E-state index contributed by atoms with van der Waals surface area (Å²) >= 11 is 3.34. The minimum Gasteiger partial charge on any atom is -0.325 e. The van der Waals surface area contributed by atoms with E-state index in [4.69, 9.17) is 0 Å². The normalized spacial score (nSPS) is 11.7. The molecule has 0 bridgehead atoms. The molecule has 27 heavy (non-hydrogen) atoms. The van der Waals surface area contributed by atoms with Crippen LogP contribution in [-0.4, -0.2) is 31.7 Å². The number of fused-ring (bicyclic) bond motifs is 1. The Kier molecular flexibility index (Phi) is 5.94. The van der Waals surface area contributed by atoms with Crippen molar-refractivity contribution in [2.75, 3.05) is 18.4 Å². The molecular weight excluding hydrogens is 428 g/mol. The van der Waals surface area contributed by atoms with Crippen LogP contribution in [0.2, 0.25) is 0 Å². The van der Waals surface area contributed by atoms with Crippen molar-refractivity contribution in [3.05, 3.63) is 71.2 Å². The topological polar surface area (TPSA) is 66.5 Å². The number of hydrogen-bond donors (Lipinski definition) is 1. The first-order valence-corrected chi connectivity index (χ1v) is 10.7. The van der Waals surface area contributed by atoms with Gasteiger partial charge in [0.25, 0.3) is 0 Å². The molecule has 0 aliphatic carbocycles. The monoisotopic (exact) mass is 446 g/mol. The maximum absolute atomic E-state index is 13.0. The molecule has 0 radical (unpaired) electrons. The van der Waals surface area contributed by atoms with E-state index in [-0.39, 0.29) is 23.9 Å². The molecule has 0 atom stereocenters. The first kappa shape index (κ1) is 19.5. The Morgan fingerprint density at radius 2 is 1.74 bits per heavy atom. The summed E-state index contributed by atoms with van der Waals surface area (Å²) in [5.41, 5.74) is 0.605. The highest BCUT2D eigenvalue weighted by molar-refractivity contribution is 9.10. The van der Waals surface area contributed by atoms with Crippen LogP contribution in [0.3, 0.4) is 0 Å². The lowest BCUT2D eigenvalue weighted by atomic mass is 10.1. The van der Waals surface area contributed by atoms with Crippen molar-refractivity contribution in [1.82, 2.24) is 4.31 Å². The van der Waals surface area contributed by atoms with Gasteiger partial charge in [0.15, 0.2) is 0 Å². The van der Waals surface area contributed by atoms with Gasteiger partial charge in [0.1, 0.15) is 0 Å². The Balaban J connectivity index is 1.81. The number of halogens is 1. The molecular formula is C20H19BrN2O3S. The van der Waals surface area contributed by atoms with Gasteiger partial charge in [-0.3, -0.25) is 4.79 Å². The Labute approximate surface area is 167 Å². The van der Waals surface area contributed by atoms with Crippen molar-refractivity contribution in [3.63, 3.8) is 0 Å². The first-order valence-electron chi connectivity index (χ1n) is 8.44. The molecule has 3 rings (SSSR count). The number of amides is 1. The average molecular weight is 447 g/mol. The van der Waals surface area contributed by atoms with Crippen molar-refractivity contribution in [3.8, 4) is 0 Å². The molecule has 0 unspecified atom stereocenters. The molecule has 0 fully saturated rings. The molecule has 5 nitrogen and oxygen atoms in total. The lowest BCUT2D eigenvalue weighted by molar-refractivity contribution is -0.116. The molecule has 140 valence electrons. The number of sulfonamides is 1. The number of rotatable bonds is 6. The summed E-state index contributed by atoms with van der Waals surface area (Å²) < 4.78 is 28.0. The van der Waals surface area contributed by atoms with E-state index in [0.29, 0.717) is 5.69 Å². The van der Waals surface area contributed by atoms with Gasteiger partial charge in [-0.1, -0.05) is 59.3 Å². The highest BCUT2D eigenvalue weighted by atomic mass is 79.9. The van der Waals surface area contributed by atoms with Gasteiger partial charge in [0, 0.05) is 16.7 Å². The van der Waals surface area contributed by atoms with Gasteiger partial charge in [0.05, 0.1) is 11.4 Å². The number of carbonyl (C=O) groups excluding carboxylic acids is 1. The number of nitrogens with zero attached hydrogens (tertiary/aromatic N) is 1. The van der Waals surface area contributed by atoms with E-state index < -0.39 is 10.0 Å². The molecule has 0 aliphatic heterocycles. The van der Waals surface area contributed by atoms with Crippen molar-refractivity contribution in [1.29, 1.82) is 0 Å². The fourth-order valence-electron chi connectivity index (χ4n) is 2.77. The third-order valence-corrected chi connectivity index (χ3v) is 6.55. The molecule has 1 N–H and O–H groups in total. The Morgan fingerprint density at radius 1 is 1.00 bits per heavy atom. The maximum atomic E-state index is 13.0. The molecule has 7 heteroatoms. The number of nitrogens with one attached hydrogen (secondary N) is 1. The summed E-state index contributed by atoms with van der Waals surface area (Å²) in [4.78, 5) is 12.5. The third-order valence-electron chi connectivity index (χ3n) is 4.14. The van der Waals surface area contributed by atoms with Crippen LogP contribution in [-0.2, 0) is 14.8 Å². The molecule has 1 amide bonds. The lowest BCUT2D eigenvalue weighted by Crippen LogP contribution is -2.37. The number of hydrogen-bond acceptors (Lipinski definition) is 3. The first-order chi connectivity index (χ1) is 12.9. The second kappa shape index (κ2) is 8.21. The zero-order valence-electron chi connectivity index (χ0n) is 14.7. The molecule has 3 aromatic carbocycles. The van der Waals surface area contributed by atoms with Crippen molar-refractivity contribution >= 4 is 48.3 Å². The molecule has 0 heterocycles. The predicted molar refractivity (Wildman–Crippen MR) is 111 cm³/mol. The summed E-state index contributed by atoms with van der Waals surface area (Å²) in [5, 5.41) is 4.53. The van der Waals surface area contributed by atoms with Crippen LogP contribution in [0.1, 0.15) is 6.92 Å². The van der Waals surface area contributed by atoms with Gasteiger partial charge < -0.3 is 5.32 Å². The van der Waals surface area contributed by atoms with E-state index in [1.165, 1.54) is 4.31 Å². The number of likely N-dealkylation sites (N-methyl/N-ethyl adjacent to an activating group) is 1. The van der Waals surface area contributed by atoms with Crippen LogP contribution >= 0.6 is 15.9 Å². The maximum Gasteiger partial charge on any atom is 0.243 e. The molecule has 0 spiro atoms. The number of carbonyl (C=O) groups is 1. The van der Waals surface area contributed by atoms with Crippen molar-refractivity contribution < 1.29 is 13.2 Å². The van der Waals surface area contributed by atoms with E-state index in [2.05, 4.69) is 21.2 Å². The van der Waals surface area contributed by atoms with E-state index in [1.54, 1.807) is 43.3 Å². The van der Waals surface area contributed by atoms with Crippen LogP contribution in [0.25, 0.3) is 10.8 Å². The summed E-state index contributed by atoms with van der Waals surface area (Å²) in [6.45, 7) is 1.66. The standard InChI is InChI=1S/C20H19BrN2O3S/c1-2-23(14-20(24)22-18-9-5-8-17(21)13-18)27(25,26)19-11-10-15-6-3-4-7-16(15)12-19/h3-13H,2,14H2,1H3,(H,22,24). The van der Waals surface area contributed by atoms with Gasteiger partial charge in [-0.2, -0.15) is 4.31 Å². The van der Waals surface area contributed by atoms with Crippen LogP contribution in [0.15, 0.2) is 76.1 Å². The lowest BCUT2D eigenvalue weighted by Gasteiger charge is -2.20. The molecule has 0 saturated heterocycles. The molecule has 3 aromatic rings. The number of anilines is 1. The van der Waals surface area contributed by atoms with Gasteiger partial charge >= 0.3 is 0 Å². The summed E-state index contributed by atoms with van der Waals surface area (Å²) in [6, 6.07) is 19.7. The predicted octanol–water partition coefficient (Wildman–Crippen LogP) is 4.25. The largest absolute Gasteiger partial charge is 0.325 e. The van der Waals surface area contributed by atoms with E-state index in [9.17, 15) is 13.2 Å². The van der Waals surface area contributed by atoms with E-state index in [1.807, 2.05) is 30.3 Å². The van der Waals surface area contributed by atoms with Crippen LogP contribution < -0.4 is 5.32 Å². The molecule has 0 aliphatic rings. The van der Waals surface area contributed by atoms with Gasteiger partial charge in [0.2, 0.25) is 15.9 Å². The summed E-state index contributed by atoms with van der Waals surface area (Å²) in [6.07, 6.45) is 0. The SMILES string of the molecule is CCN(CC(=O)Nc1cccc(Br)c1)S(=O)(=O)c1ccc2ccccc2c1. The Bertz CT molecular complexity index is 1080. The minimum absolute atomic E-state index is 0.179. The van der Waals surface area contributed by atoms with E-state index >= 15 is 0 Å². The highest BCUT2D eigenvalue weighted by Gasteiger charge is 2.25. The zero-order valence-corrected chi connectivity index (χ0v) is 17.1. The van der Waals surface area contributed by atoms with Crippen LogP contribution in [0.4, 0.5) is 5.69 Å².